The van der Waals surface area contributed by atoms with Crippen molar-refractivity contribution in [3.63, 3.8) is 0 Å². The van der Waals surface area contributed by atoms with Gasteiger partial charge in [-0.15, -0.1) is 0 Å². The van der Waals surface area contributed by atoms with E-state index in [1.807, 2.05) is 19.3 Å². The van der Waals surface area contributed by atoms with Crippen LogP contribution in [0.1, 0.15) is 47.7 Å². The summed E-state index contributed by atoms with van der Waals surface area (Å²) in [5, 5.41) is 19.5. The third kappa shape index (κ3) is 3.80. The molecule has 0 atom stereocenters. The lowest BCUT2D eigenvalue weighted by Crippen LogP contribution is -2.40. The van der Waals surface area contributed by atoms with Crippen LogP contribution in [-0.2, 0) is 31.2 Å². The Labute approximate surface area is 209 Å². The number of nitrogens with zero attached hydrogens (tertiary/aromatic N) is 7. The highest BCUT2D eigenvalue weighted by molar-refractivity contribution is 5.79. The topological polar surface area (TPSA) is 118 Å². The van der Waals surface area contributed by atoms with E-state index < -0.39 is 6.03 Å². The molecule has 2 N–H and O–H groups in total. The van der Waals surface area contributed by atoms with E-state index in [-0.39, 0.29) is 6.04 Å². The smallest absolute Gasteiger partial charge is 0.315 e. The molecular formula is C26H30N8O2. The molecule has 6 rings (SSSR count). The van der Waals surface area contributed by atoms with Gasteiger partial charge in [0, 0.05) is 74.0 Å². The monoisotopic (exact) mass is 486 g/mol. The van der Waals surface area contributed by atoms with Crippen LogP contribution >= 0.6 is 0 Å². The first-order valence-electron chi connectivity index (χ1n) is 12.6. The van der Waals surface area contributed by atoms with Crippen molar-refractivity contribution in [2.24, 2.45) is 12.8 Å². The number of ether oxygens (including phenoxy) is 1. The first-order valence-corrected chi connectivity index (χ1v) is 12.6. The number of aromatic nitrogens is 4. The van der Waals surface area contributed by atoms with Gasteiger partial charge in [0.05, 0.1) is 30.4 Å². The molecule has 2 amide bonds. The number of nitrogens with two attached hydrogens (primary N) is 1. The standard InChI is InChI=1S/C26H30N8O2/c1-31-15-19(14-29-31)21-11-17-3-2-7-33(24(17)12-18(21)13-27)25-22-16-32(26(28)35)8-4-23(22)34(30-25)20-5-9-36-10-6-20/h11-12,14-15,20H,2-10,16H2,1H3,(H2,28,35). The van der Waals surface area contributed by atoms with Crippen LogP contribution in [0.25, 0.3) is 11.1 Å². The molecule has 0 spiro atoms. The highest BCUT2D eigenvalue weighted by Crippen LogP contribution is 2.41. The van der Waals surface area contributed by atoms with Gasteiger partial charge in [-0.3, -0.25) is 9.36 Å². The zero-order valence-electron chi connectivity index (χ0n) is 20.5. The molecule has 2 aromatic heterocycles. The van der Waals surface area contributed by atoms with Crippen LogP contribution in [0.3, 0.4) is 0 Å². The molecule has 0 radical (unpaired) electrons. The summed E-state index contributed by atoms with van der Waals surface area (Å²) >= 11 is 0. The van der Waals surface area contributed by atoms with Crippen molar-refractivity contribution in [2.45, 2.75) is 44.7 Å². The minimum Gasteiger partial charge on any atom is -0.381 e. The molecule has 5 heterocycles. The van der Waals surface area contributed by atoms with Crippen molar-refractivity contribution in [3.05, 3.63) is 46.9 Å². The number of hydrogen-bond donors (Lipinski definition) is 1. The van der Waals surface area contributed by atoms with Crippen molar-refractivity contribution >= 4 is 17.5 Å². The Hall–Kier alpha value is -3.84. The molecule has 186 valence electrons. The second-order valence-electron chi connectivity index (χ2n) is 9.84. The molecule has 3 aromatic rings. The first-order chi connectivity index (χ1) is 17.5. The van der Waals surface area contributed by atoms with Crippen LogP contribution in [0.2, 0.25) is 0 Å². The van der Waals surface area contributed by atoms with Crippen LogP contribution < -0.4 is 10.6 Å². The number of hydrogen-bond acceptors (Lipinski definition) is 6. The van der Waals surface area contributed by atoms with Crippen molar-refractivity contribution in [1.82, 2.24) is 24.5 Å². The minimum atomic E-state index is -0.405. The number of fused-ring (bicyclic) bond motifs is 2. The summed E-state index contributed by atoms with van der Waals surface area (Å²) < 4.78 is 9.54. The van der Waals surface area contributed by atoms with Crippen molar-refractivity contribution in [2.75, 3.05) is 31.2 Å². The maximum absolute atomic E-state index is 12.1. The highest BCUT2D eigenvalue weighted by Gasteiger charge is 2.33. The van der Waals surface area contributed by atoms with Crippen LogP contribution in [0.15, 0.2) is 24.5 Å². The van der Waals surface area contributed by atoms with Gasteiger partial charge in [0.2, 0.25) is 0 Å². The van der Waals surface area contributed by atoms with Gasteiger partial charge in [-0.05, 0) is 43.4 Å². The lowest BCUT2D eigenvalue weighted by Gasteiger charge is -2.33. The van der Waals surface area contributed by atoms with Gasteiger partial charge in [0.15, 0.2) is 5.82 Å². The minimum absolute atomic E-state index is 0.285. The van der Waals surface area contributed by atoms with Crippen LogP contribution in [0, 0.1) is 11.3 Å². The van der Waals surface area contributed by atoms with Crippen molar-refractivity contribution < 1.29 is 9.53 Å². The second-order valence-corrected chi connectivity index (χ2v) is 9.84. The number of anilines is 2. The third-order valence-electron chi connectivity index (χ3n) is 7.64. The number of nitriles is 1. The Morgan fingerprint density at radius 1 is 1.22 bits per heavy atom. The summed E-state index contributed by atoms with van der Waals surface area (Å²) in [6, 6.07) is 6.40. The van der Waals surface area contributed by atoms with E-state index in [1.54, 1.807) is 15.8 Å². The SMILES string of the molecule is Cn1cc(-c2cc3c(cc2C#N)N(c2nn(C4CCOCC4)c4c2CN(C(N)=O)CC4)CCC3)cn1. The average molecular weight is 487 g/mol. The molecule has 1 fully saturated rings. The molecule has 0 unspecified atom stereocenters. The van der Waals surface area contributed by atoms with Crippen LogP contribution in [0.4, 0.5) is 16.3 Å². The quantitative estimate of drug-likeness (QED) is 0.608. The summed E-state index contributed by atoms with van der Waals surface area (Å²) in [5.74, 6) is 0.876. The van der Waals surface area contributed by atoms with Gasteiger partial charge < -0.3 is 20.3 Å². The highest BCUT2D eigenvalue weighted by atomic mass is 16.5. The molecule has 0 bridgehead atoms. The first kappa shape index (κ1) is 22.6. The summed E-state index contributed by atoms with van der Waals surface area (Å²) in [6.07, 6.45) is 8.23. The molecule has 1 saturated heterocycles. The molecule has 3 aliphatic rings. The van der Waals surface area contributed by atoms with Gasteiger partial charge in [-0.2, -0.15) is 15.5 Å². The Kier molecular flexibility index (Phi) is 5.64. The molecule has 36 heavy (non-hydrogen) atoms. The Morgan fingerprint density at radius 2 is 2.06 bits per heavy atom. The normalized spacial score (nSPS) is 18.0. The number of benzene rings is 1. The lowest BCUT2D eigenvalue weighted by atomic mass is 9.93. The zero-order valence-corrected chi connectivity index (χ0v) is 20.5. The van der Waals surface area contributed by atoms with E-state index in [2.05, 4.69) is 26.8 Å². The Balaban J connectivity index is 1.46. The predicted molar refractivity (Wildman–Crippen MR) is 134 cm³/mol. The number of aryl methyl sites for hydroxylation is 2. The fraction of sp³-hybridized carbons (Fsp3) is 0.462. The van der Waals surface area contributed by atoms with Gasteiger partial charge in [0.25, 0.3) is 0 Å². The average Bonchev–Trinajstić information content (AvgIpc) is 3.51. The third-order valence-corrected chi connectivity index (χ3v) is 7.64. The van der Waals surface area contributed by atoms with Crippen LogP contribution in [0.5, 0.6) is 0 Å². The molecule has 10 heteroatoms. The van der Waals surface area contributed by atoms with Crippen molar-refractivity contribution in [3.8, 4) is 17.2 Å². The summed E-state index contributed by atoms with van der Waals surface area (Å²) in [6.45, 7) is 3.32. The lowest BCUT2D eigenvalue weighted by molar-refractivity contribution is 0.0651. The van der Waals surface area contributed by atoms with E-state index in [0.29, 0.717) is 18.7 Å². The maximum atomic E-state index is 12.1. The van der Waals surface area contributed by atoms with E-state index in [1.165, 1.54) is 11.3 Å². The zero-order chi connectivity index (χ0) is 24.8. The van der Waals surface area contributed by atoms with Gasteiger partial charge >= 0.3 is 6.03 Å². The molecule has 10 nitrogen and oxygen atoms in total. The van der Waals surface area contributed by atoms with E-state index in [4.69, 9.17) is 15.6 Å². The molecule has 3 aliphatic heterocycles. The van der Waals surface area contributed by atoms with E-state index in [9.17, 15) is 10.1 Å². The number of primary amides is 1. The number of carbonyl (C=O) groups excluding carboxylic acids is 1. The van der Waals surface area contributed by atoms with E-state index >= 15 is 0 Å². The largest absolute Gasteiger partial charge is 0.381 e. The summed E-state index contributed by atoms with van der Waals surface area (Å²) in [4.78, 5) is 16.0. The Bertz CT molecular complexity index is 1360. The fourth-order valence-electron chi connectivity index (χ4n) is 5.81. The van der Waals surface area contributed by atoms with Gasteiger partial charge in [0.1, 0.15) is 0 Å². The van der Waals surface area contributed by atoms with Crippen molar-refractivity contribution in [1.29, 1.82) is 5.26 Å². The predicted octanol–water partition coefficient (Wildman–Crippen LogP) is 3.03. The molecule has 0 aliphatic carbocycles. The summed E-state index contributed by atoms with van der Waals surface area (Å²) in [5.41, 5.74) is 12.6. The van der Waals surface area contributed by atoms with Gasteiger partial charge in [-0.1, -0.05) is 0 Å². The fourth-order valence-corrected chi connectivity index (χ4v) is 5.81. The Morgan fingerprint density at radius 3 is 2.78 bits per heavy atom. The molecular weight excluding hydrogens is 456 g/mol. The number of carbonyl (C=O) groups is 1. The maximum Gasteiger partial charge on any atom is 0.315 e. The second kappa shape index (κ2) is 8.99. The van der Waals surface area contributed by atoms with Crippen LogP contribution in [-0.4, -0.2) is 56.8 Å². The number of amides is 2. The summed E-state index contributed by atoms with van der Waals surface area (Å²) in [7, 11) is 1.88. The molecule has 1 aromatic carbocycles. The van der Waals surface area contributed by atoms with Gasteiger partial charge in [-0.25, -0.2) is 4.79 Å². The van der Waals surface area contributed by atoms with E-state index in [0.717, 1.165) is 80.1 Å². The number of urea groups is 1. The number of rotatable bonds is 3. The molecule has 0 saturated carbocycles.